The highest BCUT2D eigenvalue weighted by molar-refractivity contribution is 5.94. The molecule has 0 bridgehead atoms. The summed E-state index contributed by atoms with van der Waals surface area (Å²) in [7, 11) is 3.22. The van der Waals surface area contributed by atoms with Crippen molar-refractivity contribution < 1.29 is 18.7 Å². The molecule has 0 saturated carbocycles. The minimum atomic E-state index is 0.00169. The Bertz CT molecular complexity index is 984. The lowest BCUT2D eigenvalue weighted by atomic mass is 9.97. The topological polar surface area (TPSA) is 77.7 Å². The van der Waals surface area contributed by atoms with Gasteiger partial charge in [0.25, 0.3) is 11.8 Å². The maximum absolute atomic E-state index is 12.9. The number of rotatable bonds is 5. The van der Waals surface area contributed by atoms with Gasteiger partial charge in [0, 0.05) is 18.7 Å². The molecule has 29 heavy (non-hydrogen) atoms. The van der Waals surface area contributed by atoms with Crippen LogP contribution in [0.25, 0.3) is 11.5 Å². The lowest BCUT2D eigenvalue weighted by Gasteiger charge is -2.31. The first-order chi connectivity index (χ1) is 14.2. The molecular formula is C22H23N3O4. The van der Waals surface area contributed by atoms with E-state index in [1.165, 1.54) is 0 Å². The van der Waals surface area contributed by atoms with Gasteiger partial charge >= 0.3 is 0 Å². The van der Waals surface area contributed by atoms with Gasteiger partial charge in [0.2, 0.25) is 5.89 Å². The number of methoxy groups -OCH3 is 2. The number of amides is 1. The summed E-state index contributed by atoms with van der Waals surface area (Å²) in [5.41, 5.74) is 1.41. The van der Waals surface area contributed by atoms with Crippen molar-refractivity contribution in [2.45, 2.75) is 18.8 Å². The minimum Gasteiger partial charge on any atom is -0.497 e. The van der Waals surface area contributed by atoms with Crippen LogP contribution in [0.3, 0.4) is 0 Å². The number of hydrogen-bond donors (Lipinski definition) is 0. The molecule has 0 N–H and O–H groups in total. The molecule has 1 aliphatic rings. The van der Waals surface area contributed by atoms with E-state index in [1.54, 1.807) is 38.5 Å². The van der Waals surface area contributed by atoms with Crippen LogP contribution in [-0.4, -0.2) is 48.3 Å². The third-order valence-electron chi connectivity index (χ3n) is 5.17. The van der Waals surface area contributed by atoms with Crippen LogP contribution >= 0.6 is 0 Å². The Balaban J connectivity index is 1.50. The summed E-state index contributed by atoms with van der Waals surface area (Å²) in [6.45, 7) is 1.27. The summed E-state index contributed by atoms with van der Waals surface area (Å²) < 4.78 is 16.5. The normalized spacial score (nSPS) is 16.5. The zero-order valence-corrected chi connectivity index (χ0v) is 16.5. The number of aromatic nitrogens is 2. The van der Waals surface area contributed by atoms with Crippen LogP contribution in [0, 0.1) is 0 Å². The van der Waals surface area contributed by atoms with Crippen molar-refractivity contribution in [1.29, 1.82) is 0 Å². The molecule has 1 aromatic heterocycles. The standard InChI is InChI=1S/C22H23N3O4/c1-27-17-11-9-15(10-12-17)22(26)25-13-5-6-16(14-25)20-23-24-21(29-20)18-7-3-4-8-19(18)28-2/h3-4,7-12,16H,5-6,13-14H2,1-2H3/t16-/m1/s1. The highest BCUT2D eigenvalue weighted by atomic mass is 16.5. The largest absolute Gasteiger partial charge is 0.497 e. The molecule has 4 rings (SSSR count). The van der Waals surface area contributed by atoms with Gasteiger partial charge in [0.15, 0.2) is 0 Å². The van der Waals surface area contributed by atoms with Gasteiger partial charge in [-0.1, -0.05) is 12.1 Å². The molecule has 1 saturated heterocycles. The quantitative estimate of drug-likeness (QED) is 0.657. The lowest BCUT2D eigenvalue weighted by Crippen LogP contribution is -2.39. The highest BCUT2D eigenvalue weighted by Gasteiger charge is 2.29. The molecule has 7 heteroatoms. The SMILES string of the molecule is COc1ccc(C(=O)N2CCC[C@@H](c3nnc(-c4ccccc4OC)o3)C2)cc1. The predicted molar refractivity (Wildman–Crippen MR) is 107 cm³/mol. The Kier molecular flexibility index (Phi) is 5.46. The molecule has 1 amide bonds. The van der Waals surface area contributed by atoms with Crippen molar-refractivity contribution in [3.05, 3.63) is 60.0 Å². The van der Waals surface area contributed by atoms with Crippen LogP contribution < -0.4 is 9.47 Å². The van der Waals surface area contributed by atoms with Gasteiger partial charge in [-0.15, -0.1) is 10.2 Å². The molecular weight excluding hydrogens is 370 g/mol. The molecule has 0 unspecified atom stereocenters. The summed E-state index contributed by atoms with van der Waals surface area (Å²) in [4.78, 5) is 14.7. The average molecular weight is 393 g/mol. The smallest absolute Gasteiger partial charge is 0.253 e. The summed E-state index contributed by atoms with van der Waals surface area (Å²) in [6, 6.07) is 14.7. The van der Waals surface area contributed by atoms with Crippen molar-refractivity contribution in [3.8, 4) is 23.0 Å². The van der Waals surface area contributed by atoms with Crippen LogP contribution in [0.15, 0.2) is 52.9 Å². The maximum atomic E-state index is 12.9. The van der Waals surface area contributed by atoms with Crippen molar-refractivity contribution in [1.82, 2.24) is 15.1 Å². The van der Waals surface area contributed by atoms with Gasteiger partial charge in [-0.2, -0.15) is 0 Å². The Morgan fingerprint density at radius 2 is 1.86 bits per heavy atom. The van der Waals surface area contributed by atoms with Crippen molar-refractivity contribution in [3.63, 3.8) is 0 Å². The molecule has 0 radical (unpaired) electrons. The van der Waals surface area contributed by atoms with Crippen molar-refractivity contribution in [2.24, 2.45) is 0 Å². The number of carbonyl (C=O) groups is 1. The average Bonchev–Trinajstić information content (AvgIpc) is 3.29. The predicted octanol–water partition coefficient (Wildman–Crippen LogP) is 3.77. The van der Waals surface area contributed by atoms with E-state index < -0.39 is 0 Å². The molecule has 1 atom stereocenters. The number of nitrogens with zero attached hydrogens (tertiary/aromatic N) is 3. The zero-order chi connectivity index (χ0) is 20.2. The number of carbonyl (C=O) groups excluding carboxylic acids is 1. The Labute approximate surface area is 169 Å². The zero-order valence-electron chi connectivity index (χ0n) is 16.5. The highest BCUT2D eigenvalue weighted by Crippen LogP contribution is 2.32. The molecule has 3 aromatic rings. The van der Waals surface area contributed by atoms with Crippen LogP contribution in [0.5, 0.6) is 11.5 Å². The fourth-order valence-corrected chi connectivity index (χ4v) is 3.61. The number of likely N-dealkylation sites (tertiary alicyclic amines) is 1. The molecule has 7 nitrogen and oxygen atoms in total. The molecule has 0 aliphatic carbocycles. The first-order valence-electron chi connectivity index (χ1n) is 9.59. The number of ether oxygens (including phenoxy) is 2. The van der Waals surface area contributed by atoms with E-state index >= 15 is 0 Å². The van der Waals surface area contributed by atoms with Crippen LogP contribution in [0.1, 0.15) is 35.0 Å². The number of benzene rings is 2. The molecule has 2 heterocycles. The number of hydrogen-bond acceptors (Lipinski definition) is 6. The van der Waals surface area contributed by atoms with Gasteiger partial charge in [-0.3, -0.25) is 4.79 Å². The van der Waals surface area contributed by atoms with Crippen LogP contribution in [0.2, 0.25) is 0 Å². The summed E-state index contributed by atoms with van der Waals surface area (Å²) in [5, 5.41) is 8.46. The molecule has 0 spiro atoms. The lowest BCUT2D eigenvalue weighted by molar-refractivity contribution is 0.0698. The van der Waals surface area contributed by atoms with E-state index in [0.717, 1.165) is 30.7 Å². The van der Waals surface area contributed by atoms with Gasteiger partial charge in [0.1, 0.15) is 11.5 Å². The van der Waals surface area contributed by atoms with Crippen molar-refractivity contribution in [2.75, 3.05) is 27.3 Å². The monoisotopic (exact) mass is 393 g/mol. The third kappa shape index (κ3) is 3.94. The first-order valence-corrected chi connectivity index (χ1v) is 9.59. The maximum Gasteiger partial charge on any atom is 0.253 e. The Morgan fingerprint density at radius 3 is 2.62 bits per heavy atom. The van der Waals surface area contributed by atoms with Gasteiger partial charge in [-0.05, 0) is 49.2 Å². The van der Waals surface area contributed by atoms with E-state index in [4.69, 9.17) is 13.9 Å². The summed E-state index contributed by atoms with van der Waals surface area (Å²) in [6.07, 6.45) is 1.79. The van der Waals surface area contributed by atoms with Gasteiger partial charge in [0.05, 0.1) is 25.7 Å². The second-order valence-corrected chi connectivity index (χ2v) is 6.96. The van der Waals surface area contributed by atoms with E-state index in [9.17, 15) is 4.79 Å². The summed E-state index contributed by atoms with van der Waals surface area (Å²) in [5.74, 6) is 2.41. The van der Waals surface area contributed by atoms with Crippen molar-refractivity contribution >= 4 is 5.91 Å². The van der Waals surface area contributed by atoms with E-state index in [0.29, 0.717) is 29.6 Å². The van der Waals surface area contributed by atoms with Gasteiger partial charge in [-0.25, -0.2) is 0 Å². The first kappa shape index (κ1) is 19.0. The summed E-state index contributed by atoms with van der Waals surface area (Å²) >= 11 is 0. The number of piperidine rings is 1. The molecule has 1 aliphatic heterocycles. The molecule has 2 aromatic carbocycles. The van der Waals surface area contributed by atoms with E-state index in [-0.39, 0.29) is 11.8 Å². The second-order valence-electron chi connectivity index (χ2n) is 6.96. The van der Waals surface area contributed by atoms with Gasteiger partial charge < -0.3 is 18.8 Å². The second kappa shape index (κ2) is 8.34. The van der Waals surface area contributed by atoms with E-state index in [1.807, 2.05) is 29.2 Å². The molecule has 1 fully saturated rings. The van der Waals surface area contributed by atoms with E-state index in [2.05, 4.69) is 10.2 Å². The fraction of sp³-hybridized carbons (Fsp3) is 0.318. The minimum absolute atomic E-state index is 0.00169. The Hall–Kier alpha value is -3.35. The van der Waals surface area contributed by atoms with Crippen LogP contribution in [0.4, 0.5) is 0 Å². The van der Waals surface area contributed by atoms with Crippen LogP contribution in [-0.2, 0) is 0 Å². The Morgan fingerprint density at radius 1 is 1.07 bits per heavy atom. The number of para-hydroxylation sites is 1. The fourth-order valence-electron chi connectivity index (χ4n) is 3.61. The third-order valence-corrected chi connectivity index (χ3v) is 5.17. The molecule has 150 valence electrons.